The average Bonchev–Trinajstić information content (AvgIpc) is 2.14. The molecule has 0 saturated carbocycles. The minimum atomic E-state index is 0.554. The van der Waals surface area contributed by atoms with Crippen LogP contribution in [0, 0.1) is 0 Å². The van der Waals surface area contributed by atoms with E-state index >= 15 is 0 Å². The zero-order valence-corrected chi connectivity index (χ0v) is 10.5. The molecule has 0 amide bonds. The first-order valence-electron chi connectivity index (χ1n) is 3.92. The van der Waals surface area contributed by atoms with Gasteiger partial charge in [0.15, 0.2) is 0 Å². The SMILES string of the molecule is CC[Se]/C=C\[Se]c1ccccc1. The molecule has 0 aliphatic carbocycles. The van der Waals surface area contributed by atoms with Gasteiger partial charge in [0.1, 0.15) is 0 Å². The maximum atomic E-state index is 2.35. The Morgan fingerprint density at radius 1 is 1.17 bits per heavy atom. The molecule has 0 radical (unpaired) electrons. The average molecular weight is 290 g/mol. The topological polar surface area (TPSA) is 0 Å². The van der Waals surface area contributed by atoms with Crippen LogP contribution in [0.15, 0.2) is 40.3 Å². The summed E-state index contributed by atoms with van der Waals surface area (Å²) in [4.78, 5) is 4.69. The second-order valence-electron chi connectivity index (χ2n) is 2.16. The van der Waals surface area contributed by atoms with Gasteiger partial charge in [-0.15, -0.1) is 0 Å². The Balaban J connectivity index is 2.33. The molecule has 0 fully saturated rings. The zero-order chi connectivity index (χ0) is 8.65. The van der Waals surface area contributed by atoms with E-state index in [0.717, 1.165) is 15.0 Å². The van der Waals surface area contributed by atoms with Gasteiger partial charge in [0.25, 0.3) is 0 Å². The van der Waals surface area contributed by atoms with Crippen molar-refractivity contribution < 1.29 is 0 Å². The van der Waals surface area contributed by atoms with Crippen molar-refractivity contribution in [1.29, 1.82) is 0 Å². The Labute approximate surface area is 86.8 Å². The van der Waals surface area contributed by atoms with Crippen molar-refractivity contribution >= 4 is 34.4 Å². The monoisotopic (exact) mass is 292 g/mol. The van der Waals surface area contributed by atoms with Crippen molar-refractivity contribution in [2.75, 3.05) is 0 Å². The Morgan fingerprint density at radius 2 is 1.92 bits per heavy atom. The van der Waals surface area contributed by atoms with E-state index in [1.54, 1.807) is 0 Å². The van der Waals surface area contributed by atoms with Gasteiger partial charge in [-0.2, -0.15) is 0 Å². The molecule has 0 N–H and O–H groups in total. The van der Waals surface area contributed by atoms with Crippen LogP contribution < -0.4 is 4.46 Å². The van der Waals surface area contributed by atoms with Gasteiger partial charge in [-0.25, -0.2) is 0 Å². The van der Waals surface area contributed by atoms with Crippen molar-refractivity contribution in [2.24, 2.45) is 0 Å². The summed E-state index contributed by atoms with van der Waals surface area (Å²) in [5, 5.41) is 1.31. The van der Waals surface area contributed by atoms with Gasteiger partial charge in [-0.05, 0) is 0 Å². The molecule has 12 heavy (non-hydrogen) atoms. The molecule has 0 atom stereocenters. The van der Waals surface area contributed by atoms with E-state index in [4.69, 9.17) is 0 Å². The van der Waals surface area contributed by atoms with Gasteiger partial charge in [-0.3, -0.25) is 0 Å². The van der Waals surface area contributed by atoms with E-state index in [-0.39, 0.29) is 0 Å². The summed E-state index contributed by atoms with van der Waals surface area (Å²) in [6.07, 6.45) is 0. The third-order valence-corrected chi connectivity index (χ3v) is 5.24. The molecule has 1 aromatic carbocycles. The number of hydrogen-bond donors (Lipinski definition) is 0. The maximum absolute atomic E-state index is 2.35. The molecule has 0 aromatic heterocycles. The van der Waals surface area contributed by atoms with Crippen LogP contribution in [0.3, 0.4) is 0 Å². The molecule has 0 saturated heterocycles. The van der Waals surface area contributed by atoms with E-state index < -0.39 is 0 Å². The summed E-state index contributed by atoms with van der Waals surface area (Å²) in [5.74, 6) is 0. The molecule has 0 spiro atoms. The molecule has 0 aliphatic heterocycles. The molecular formula is C10H12Se2. The van der Waals surface area contributed by atoms with E-state index in [2.05, 4.69) is 47.2 Å². The molecule has 64 valence electrons. The number of rotatable bonds is 4. The molecule has 0 aliphatic rings. The van der Waals surface area contributed by atoms with Crippen LogP contribution in [0.4, 0.5) is 0 Å². The van der Waals surface area contributed by atoms with Crippen LogP contribution in [-0.2, 0) is 0 Å². The Morgan fingerprint density at radius 3 is 2.58 bits per heavy atom. The first kappa shape index (κ1) is 10.1. The van der Waals surface area contributed by atoms with Crippen LogP contribution in [-0.4, -0.2) is 29.9 Å². The Hall–Kier alpha value is -0.00104. The molecule has 0 heterocycles. The van der Waals surface area contributed by atoms with Crippen LogP contribution in [0.5, 0.6) is 0 Å². The first-order chi connectivity index (χ1) is 5.93. The van der Waals surface area contributed by atoms with E-state index in [9.17, 15) is 0 Å². The number of hydrogen-bond acceptors (Lipinski definition) is 0. The Kier molecular flexibility index (Phi) is 5.47. The summed E-state index contributed by atoms with van der Waals surface area (Å²) >= 11 is 1.29. The summed E-state index contributed by atoms with van der Waals surface area (Å²) < 4.78 is 1.47. The van der Waals surface area contributed by atoms with Gasteiger partial charge >= 0.3 is 86.9 Å². The van der Waals surface area contributed by atoms with Gasteiger partial charge < -0.3 is 0 Å². The summed E-state index contributed by atoms with van der Waals surface area (Å²) in [6, 6.07) is 10.7. The van der Waals surface area contributed by atoms with Gasteiger partial charge in [0, 0.05) is 0 Å². The van der Waals surface area contributed by atoms with E-state index in [1.165, 1.54) is 9.78 Å². The fourth-order valence-electron chi connectivity index (χ4n) is 0.741. The van der Waals surface area contributed by atoms with Crippen LogP contribution in [0.2, 0.25) is 5.32 Å². The predicted molar refractivity (Wildman–Crippen MR) is 57.2 cm³/mol. The standard InChI is InChI=1S/C10H12Se2/c1-2-11-8-9-12-10-6-4-3-5-7-10/h3-9H,2H2,1H3/b9-8-. The fraction of sp³-hybridized carbons (Fsp3) is 0.200. The van der Waals surface area contributed by atoms with Crippen molar-refractivity contribution in [3.8, 4) is 0 Å². The van der Waals surface area contributed by atoms with Crippen molar-refractivity contribution in [3.05, 3.63) is 40.3 Å². The predicted octanol–water partition coefficient (Wildman–Crippen LogP) is 1.63. The van der Waals surface area contributed by atoms with Gasteiger partial charge in [0.05, 0.1) is 0 Å². The summed E-state index contributed by atoms with van der Waals surface area (Å²) in [5.41, 5.74) is 0. The fourth-order valence-corrected chi connectivity index (χ4v) is 3.88. The van der Waals surface area contributed by atoms with Gasteiger partial charge in [-0.1, -0.05) is 0 Å². The minimum absolute atomic E-state index is 0.554. The molecule has 1 aromatic rings. The van der Waals surface area contributed by atoms with Crippen molar-refractivity contribution in [1.82, 2.24) is 0 Å². The second kappa shape index (κ2) is 6.51. The zero-order valence-electron chi connectivity index (χ0n) is 7.07. The van der Waals surface area contributed by atoms with E-state index in [1.807, 2.05) is 0 Å². The summed E-state index contributed by atoms with van der Waals surface area (Å²) in [7, 11) is 0. The van der Waals surface area contributed by atoms with Crippen molar-refractivity contribution in [2.45, 2.75) is 12.2 Å². The Bertz CT molecular complexity index is 229. The molecule has 0 bridgehead atoms. The third kappa shape index (κ3) is 4.13. The first-order valence-corrected chi connectivity index (χ1v) is 7.96. The van der Waals surface area contributed by atoms with Crippen molar-refractivity contribution in [3.63, 3.8) is 0 Å². The molecule has 1 rings (SSSR count). The van der Waals surface area contributed by atoms with E-state index in [0.29, 0.717) is 15.0 Å². The van der Waals surface area contributed by atoms with Crippen LogP contribution in [0.25, 0.3) is 0 Å². The molecule has 2 heteroatoms. The molecule has 0 unspecified atom stereocenters. The molecular weight excluding hydrogens is 278 g/mol. The third-order valence-electron chi connectivity index (χ3n) is 1.27. The normalized spacial score (nSPS) is 10.8. The summed E-state index contributed by atoms with van der Waals surface area (Å²) in [6.45, 7) is 2.24. The van der Waals surface area contributed by atoms with Gasteiger partial charge in [0.2, 0.25) is 0 Å². The second-order valence-corrected chi connectivity index (χ2v) is 6.69. The molecule has 0 nitrogen and oxygen atoms in total. The van der Waals surface area contributed by atoms with Crippen LogP contribution in [0.1, 0.15) is 6.92 Å². The van der Waals surface area contributed by atoms with Crippen LogP contribution >= 0.6 is 0 Å². The quantitative estimate of drug-likeness (QED) is 0.739. The number of benzene rings is 1.